The lowest BCUT2D eigenvalue weighted by molar-refractivity contribution is -0.187. The van der Waals surface area contributed by atoms with Crippen molar-refractivity contribution in [3.63, 3.8) is 0 Å². The van der Waals surface area contributed by atoms with E-state index < -0.39 is 28.1 Å². The molecular formula is C24H34O4Si2. The van der Waals surface area contributed by atoms with Gasteiger partial charge in [0.1, 0.15) is 0 Å². The highest BCUT2D eigenvalue weighted by molar-refractivity contribution is 6.89. The Morgan fingerprint density at radius 3 is 1.00 bits per heavy atom. The molecule has 0 aliphatic rings. The molecule has 0 fully saturated rings. The van der Waals surface area contributed by atoms with Crippen LogP contribution in [0.5, 0.6) is 0 Å². The molecule has 30 heavy (non-hydrogen) atoms. The third-order valence-corrected chi connectivity index (χ3v) is 9.44. The summed E-state index contributed by atoms with van der Waals surface area (Å²) in [5.74, 6) is -1.29. The Bertz CT molecular complexity index is 868. The highest BCUT2D eigenvalue weighted by Gasteiger charge is 2.25. The van der Waals surface area contributed by atoms with E-state index in [4.69, 9.17) is 9.78 Å². The molecule has 0 bridgehead atoms. The summed E-state index contributed by atoms with van der Waals surface area (Å²) >= 11 is 0. The number of carbonyl (C=O) groups is 2. The predicted molar refractivity (Wildman–Crippen MR) is 129 cm³/mol. The van der Waals surface area contributed by atoms with Crippen LogP contribution in [0.15, 0.2) is 24.3 Å². The van der Waals surface area contributed by atoms with Gasteiger partial charge < -0.3 is 0 Å². The Labute approximate surface area is 182 Å². The van der Waals surface area contributed by atoms with Crippen LogP contribution in [-0.2, 0) is 9.78 Å². The maximum atomic E-state index is 12.7. The Balaban J connectivity index is 2.23. The van der Waals surface area contributed by atoms with E-state index in [9.17, 15) is 9.59 Å². The molecule has 0 saturated carbocycles. The maximum Gasteiger partial charge on any atom is 0.386 e. The second-order valence-corrected chi connectivity index (χ2v) is 20.4. The van der Waals surface area contributed by atoms with Crippen molar-refractivity contribution in [1.29, 1.82) is 0 Å². The molecule has 2 aromatic rings. The van der Waals surface area contributed by atoms with E-state index in [1.54, 1.807) is 0 Å². The summed E-state index contributed by atoms with van der Waals surface area (Å²) in [5, 5.41) is 2.56. The van der Waals surface area contributed by atoms with E-state index in [0.717, 1.165) is 22.3 Å². The van der Waals surface area contributed by atoms with Crippen molar-refractivity contribution in [3.8, 4) is 0 Å². The second-order valence-electron chi connectivity index (χ2n) is 10.2. The average Bonchev–Trinajstić information content (AvgIpc) is 2.57. The lowest BCUT2D eigenvalue weighted by atomic mass is 10.0. The summed E-state index contributed by atoms with van der Waals surface area (Å²) in [4.78, 5) is 35.3. The first-order chi connectivity index (χ1) is 13.6. The molecule has 6 heteroatoms. The molecule has 4 nitrogen and oxygen atoms in total. The van der Waals surface area contributed by atoms with E-state index >= 15 is 0 Å². The van der Waals surface area contributed by atoms with Gasteiger partial charge in [-0.25, -0.2) is 19.4 Å². The quantitative estimate of drug-likeness (QED) is 0.382. The summed E-state index contributed by atoms with van der Waals surface area (Å²) in [6.07, 6.45) is 0. The molecule has 0 aromatic heterocycles. The minimum Gasteiger partial charge on any atom is -0.241 e. The first-order valence-corrected chi connectivity index (χ1v) is 17.3. The van der Waals surface area contributed by atoms with E-state index in [1.165, 1.54) is 10.4 Å². The van der Waals surface area contributed by atoms with E-state index in [-0.39, 0.29) is 0 Å². The Morgan fingerprint density at radius 2 is 0.800 bits per heavy atom. The van der Waals surface area contributed by atoms with Gasteiger partial charge in [-0.3, -0.25) is 0 Å². The van der Waals surface area contributed by atoms with E-state index in [0.29, 0.717) is 11.1 Å². The molecule has 0 spiro atoms. The van der Waals surface area contributed by atoms with Crippen LogP contribution in [0.1, 0.15) is 43.0 Å². The van der Waals surface area contributed by atoms with E-state index in [1.807, 2.05) is 52.0 Å². The van der Waals surface area contributed by atoms with Gasteiger partial charge in [-0.1, -0.05) is 73.9 Å². The van der Waals surface area contributed by atoms with Gasteiger partial charge in [0.05, 0.1) is 27.3 Å². The fourth-order valence-corrected chi connectivity index (χ4v) is 6.19. The lowest BCUT2D eigenvalue weighted by Gasteiger charge is -2.20. The zero-order valence-electron chi connectivity index (χ0n) is 19.9. The number of carbonyl (C=O) groups excluding carboxylic acids is 2. The first-order valence-electron chi connectivity index (χ1n) is 10.3. The van der Waals surface area contributed by atoms with Crippen molar-refractivity contribution in [1.82, 2.24) is 0 Å². The molecule has 0 N–H and O–H groups in total. The summed E-state index contributed by atoms with van der Waals surface area (Å²) in [6.45, 7) is 21.1. The number of rotatable bonds is 4. The van der Waals surface area contributed by atoms with Crippen molar-refractivity contribution in [2.24, 2.45) is 0 Å². The van der Waals surface area contributed by atoms with Crippen LogP contribution >= 0.6 is 0 Å². The largest absolute Gasteiger partial charge is 0.386 e. The second kappa shape index (κ2) is 8.51. The summed E-state index contributed by atoms with van der Waals surface area (Å²) in [6, 6.07) is 8.17. The Morgan fingerprint density at radius 1 is 0.567 bits per heavy atom. The van der Waals surface area contributed by atoms with Crippen LogP contribution in [0.25, 0.3) is 0 Å². The number of hydrogen-bond acceptors (Lipinski definition) is 4. The smallest absolute Gasteiger partial charge is 0.241 e. The van der Waals surface area contributed by atoms with Crippen LogP contribution in [0.3, 0.4) is 0 Å². The van der Waals surface area contributed by atoms with Gasteiger partial charge in [-0.05, 0) is 49.9 Å². The van der Waals surface area contributed by atoms with Crippen LogP contribution in [0.4, 0.5) is 0 Å². The number of hydrogen-bond donors (Lipinski definition) is 0. The summed E-state index contributed by atoms with van der Waals surface area (Å²) < 4.78 is 0. The monoisotopic (exact) mass is 442 g/mol. The van der Waals surface area contributed by atoms with Crippen molar-refractivity contribution in [3.05, 3.63) is 57.6 Å². The fourth-order valence-electron chi connectivity index (χ4n) is 3.60. The molecule has 0 heterocycles. The molecule has 0 unspecified atom stereocenters. The first kappa shape index (κ1) is 24.1. The van der Waals surface area contributed by atoms with Crippen LogP contribution in [0, 0.1) is 27.7 Å². The van der Waals surface area contributed by atoms with Crippen molar-refractivity contribution >= 4 is 38.5 Å². The third kappa shape index (κ3) is 5.29. The summed E-state index contributed by atoms with van der Waals surface area (Å²) in [5.41, 5.74) is 4.24. The van der Waals surface area contributed by atoms with Gasteiger partial charge in [-0.15, -0.1) is 0 Å². The maximum absolute atomic E-state index is 12.7. The van der Waals surface area contributed by atoms with Crippen molar-refractivity contribution < 1.29 is 19.4 Å². The van der Waals surface area contributed by atoms with Crippen LogP contribution in [-0.4, -0.2) is 28.1 Å². The van der Waals surface area contributed by atoms with Crippen molar-refractivity contribution in [2.45, 2.75) is 67.0 Å². The minimum absolute atomic E-state index is 0.451. The molecule has 2 rings (SSSR count). The molecule has 162 valence electrons. The van der Waals surface area contributed by atoms with Gasteiger partial charge in [0.2, 0.25) is 0 Å². The molecule has 0 aliphatic carbocycles. The normalized spacial score (nSPS) is 11.9. The standard InChI is InChI=1S/C24H34O4Si2/c1-15-11-19(29(5,6)7)12-16(2)21(15)23(25)27-28-24(26)22-17(3)13-20(14-18(22)4)30(8,9)10/h11-14H,1-10H3. The topological polar surface area (TPSA) is 52.6 Å². The summed E-state index contributed by atoms with van der Waals surface area (Å²) in [7, 11) is -3.00. The molecule has 2 aromatic carbocycles. The fraction of sp³-hybridized carbons (Fsp3) is 0.417. The third-order valence-electron chi connectivity index (χ3n) is 5.40. The molecule has 0 atom stereocenters. The lowest BCUT2D eigenvalue weighted by Crippen LogP contribution is -2.38. The minimum atomic E-state index is -1.50. The van der Waals surface area contributed by atoms with Gasteiger partial charge in [0.25, 0.3) is 0 Å². The average molecular weight is 443 g/mol. The van der Waals surface area contributed by atoms with Gasteiger partial charge in [-0.2, -0.15) is 0 Å². The van der Waals surface area contributed by atoms with Crippen LogP contribution < -0.4 is 10.4 Å². The van der Waals surface area contributed by atoms with Gasteiger partial charge in [0, 0.05) is 0 Å². The Hall–Kier alpha value is -2.19. The zero-order valence-corrected chi connectivity index (χ0v) is 21.9. The van der Waals surface area contributed by atoms with Gasteiger partial charge in [0.15, 0.2) is 0 Å². The van der Waals surface area contributed by atoms with Crippen LogP contribution in [0.2, 0.25) is 39.3 Å². The molecule has 0 radical (unpaired) electrons. The molecule has 0 saturated heterocycles. The van der Waals surface area contributed by atoms with Crippen molar-refractivity contribution in [2.75, 3.05) is 0 Å². The molecule has 0 amide bonds. The predicted octanol–water partition coefficient (Wildman–Crippen LogP) is 4.94. The number of aryl methyl sites for hydroxylation is 4. The van der Waals surface area contributed by atoms with E-state index in [2.05, 4.69) is 39.3 Å². The highest BCUT2D eigenvalue weighted by atomic mass is 28.3. The SMILES string of the molecule is Cc1cc([Si](C)(C)C)cc(C)c1C(=O)OOC(=O)c1c(C)cc([Si](C)(C)C)cc1C. The molecular weight excluding hydrogens is 408 g/mol. The zero-order chi connectivity index (χ0) is 23.0. The number of benzene rings is 2. The molecule has 0 aliphatic heterocycles. The highest BCUT2D eigenvalue weighted by Crippen LogP contribution is 2.19. The van der Waals surface area contributed by atoms with Gasteiger partial charge >= 0.3 is 11.9 Å². The Kier molecular flexibility index (Phi) is 6.83.